The molecule has 1 fully saturated rings. The van der Waals surface area contributed by atoms with Crippen molar-refractivity contribution in [2.45, 2.75) is 18.9 Å². The maximum absolute atomic E-state index is 6.26. The lowest BCUT2D eigenvalue weighted by atomic mass is 10.0. The Morgan fingerprint density at radius 1 is 1.29 bits per heavy atom. The van der Waals surface area contributed by atoms with Crippen LogP contribution in [0.1, 0.15) is 24.4 Å². The van der Waals surface area contributed by atoms with Crippen LogP contribution >= 0.6 is 48.0 Å². The molecule has 3 nitrogen and oxygen atoms in total. The average Bonchev–Trinajstić information content (AvgIpc) is 2.42. The van der Waals surface area contributed by atoms with Crippen LogP contribution in [0.5, 0.6) is 0 Å². The van der Waals surface area contributed by atoms with Crippen LogP contribution in [0.25, 0.3) is 0 Å². The van der Waals surface area contributed by atoms with Crippen LogP contribution in [-0.4, -0.2) is 36.1 Å². The van der Waals surface area contributed by atoms with E-state index in [1.165, 1.54) is 0 Å². The summed E-state index contributed by atoms with van der Waals surface area (Å²) in [5.74, 6) is 0. The molecule has 7 heteroatoms. The Morgan fingerprint density at radius 3 is 2.52 bits per heavy atom. The van der Waals surface area contributed by atoms with E-state index in [-0.39, 0.29) is 30.9 Å². The van der Waals surface area contributed by atoms with Gasteiger partial charge in [-0.2, -0.15) is 0 Å². The molecule has 0 aliphatic carbocycles. The van der Waals surface area contributed by atoms with E-state index in [1.54, 1.807) is 0 Å². The van der Waals surface area contributed by atoms with Gasteiger partial charge in [-0.25, -0.2) is 4.98 Å². The first kappa shape index (κ1) is 21.0. The second-order valence-electron chi connectivity index (χ2n) is 4.68. The quantitative estimate of drug-likeness (QED) is 0.621. The summed E-state index contributed by atoms with van der Waals surface area (Å²) >= 11 is 12.1. The summed E-state index contributed by atoms with van der Waals surface area (Å²) in [7, 11) is 0. The van der Waals surface area contributed by atoms with Gasteiger partial charge in [0.2, 0.25) is 0 Å². The highest BCUT2D eigenvalue weighted by molar-refractivity contribution is 6.32. The number of aromatic nitrogens is 1. The molecule has 0 spiro atoms. The Bertz CT molecular complexity index is 436. The summed E-state index contributed by atoms with van der Waals surface area (Å²) < 4.78 is 0. The summed E-state index contributed by atoms with van der Waals surface area (Å²) in [5.41, 5.74) is 1.06. The monoisotopic (exact) mass is 371 g/mol. The van der Waals surface area contributed by atoms with Crippen LogP contribution in [0.3, 0.4) is 0 Å². The maximum Gasteiger partial charge on any atom is 0.135 e. The molecule has 120 valence electrons. The lowest BCUT2D eigenvalue weighted by Crippen LogP contribution is -2.45. The van der Waals surface area contributed by atoms with E-state index >= 15 is 0 Å². The molecule has 1 atom stereocenters. The van der Waals surface area contributed by atoms with Gasteiger partial charge in [-0.15, -0.1) is 31.4 Å². The van der Waals surface area contributed by atoms with Gasteiger partial charge in [0.05, 0.1) is 0 Å². The van der Waals surface area contributed by atoms with Crippen molar-refractivity contribution >= 4 is 48.0 Å². The van der Waals surface area contributed by atoms with Gasteiger partial charge in [0.1, 0.15) is 10.3 Å². The molecule has 2 heterocycles. The van der Waals surface area contributed by atoms with Gasteiger partial charge in [0, 0.05) is 37.8 Å². The number of hydrogen-bond donors (Lipinski definition) is 1. The molecule has 0 aromatic carbocycles. The highest BCUT2D eigenvalue weighted by Crippen LogP contribution is 2.31. The van der Waals surface area contributed by atoms with Crippen molar-refractivity contribution < 1.29 is 0 Å². The average molecular weight is 373 g/mol. The van der Waals surface area contributed by atoms with Crippen molar-refractivity contribution in [2.75, 3.05) is 26.2 Å². The minimum absolute atomic E-state index is 0. The van der Waals surface area contributed by atoms with Gasteiger partial charge >= 0.3 is 0 Å². The second kappa shape index (κ2) is 10.7. The van der Waals surface area contributed by atoms with Crippen molar-refractivity contribution in [1.82, 2.24) is 15.2 Å². The molecule has 2 rings (SSSR count). The third kappa shape index (κ3) is 5.93. The Kier molecular flexibility index (Phi) is 10.6. The highest BCUT2D eigenvalue weighted by atomic mass is 35.5. The van der Waals surface area contributed by atoms with Gasteiger partial charge < -0.3 is 5.32 Å². The molecule has 0 radical (unpaired) electrons. The first-order chi connectivity index (χ1) is 9.22. The summed E-state index contributed by atoms with van der Waals surface area (Å²) in [6.07, 6.45) is 3.92. The molecule has 1 N–H and O–H groups in total. The van der Waals surface area contributed by atoms with Gasteiger partial charge in [0.15, 0.2) is 0 Å². The molecular weight excluding hydrogens is 352 g/mol. The molecular formula is C14H21Cl4N3. The largest absolute Gasteiger partial charge is 0.314 e. The zero-order valence-electron chi connectivity index (χ0n) is 11.7. The van der Waals surface area contributed by atoms with E-state index in [9.17, 15) is 0 Å². The number of piperazine rings is 1. The number of allylic oxidation sites excluding steroid dienone is 1. The van der Waals surface area contributed by atoms with Gasteiger partial charge in [-0.3, -0.25) is 4.90 Å². The predicted octanol–water partition coefficient (Wildman–Crippen LogP) is 4.14. The van der Waals surface area contributed by atoms with E-state index < -0.39 is 0 Å². The molecule has 0 unspecified atom stereocenters. The molecule has 1 aromatic rings. The van der Waals surface area contributed by atoms with Crippen molar-refractivity contribution in [3.8, 4) is 0 Å². The van der Waals surface area contributed by atoms with Crippen molar-refractivity contribution in [1.29, 1.82) is 0 Å². The van der Waals surface area contributed by atoms with Gasteiger partial charge in [-0.05, 0) is 18.9 Å². The number of pyridine rings is 1. The van der Waals surface area contributed by atoms with Gasteiger partial charge in [0.25, 0.3) is 0 Å². The van der Waals surface area contributed by atoms with E-state index in [0.717, 1.165) is 44.6 Å². The molecule has 1 aliphatic heterocycles. The van der Waals surface area contributed by atoms with Crippen LogP contribution in [0.4, 0.5) is 0 Å². The van der Waals surface area contributed by atoms with E-state index in [2.05, 4.69) is 21.8 Å². The van der Waals surface area contributed by atoms with E-state index in [1.807, 2.05) is 18.2 Å². The van der Waals surface area contributed by atoms with E-state index in [4.69, 9.17) is 23.2 Å². The molecule has 0 amide bonds. The first-order valence-corrected chi connectivity index (χ1v) is 7.35. The standard InChI is InChI=1S/C14H19Cl2N3.2ClH/c1-2-3-4-12(19-9-7-17-8-10-19)11-5-6-13(15)18-14(11)16;;/h2,5-6,12,17H,1,3-4,7-10H2;2*1H/t12-;;/m1../s1. The Morgan fingerprint density at radius 2 is 1.95 bits per heavy atom. The van der Waals surface area contributed by atoms with E-state index in [0.29, 0.717) is 10.3 Å². The lowest BCUT2D eigenvalue weighted by Gasteiger charge is -2.35. The van der Waals surface area contributed by atoms with Crippen LogP contribution in [0, 0.1) is 0 Å². The number of nitrogens with zero attached hydrogens (tertiary/aromatic N) is 2. The first-order valence-electron chi connectivity index (χ1n) is 6.60. The summed E-state index contributed by atoms with van der Waals surface area (Å²) in [6, 6.07) is 4.09. The predicted molar refractivity (Wildman–Crippen MR) is 95.4 cm³/mol. The molecule has 1 aliphatic rings. The van der Waals surface area contributed by atoms with Gasteiger partial charge in [-0.1, -0.05) is 35.3 Å². The van der Waals surface area contributed by atoms with Crippen molar-refractivity contribution in [3.63, 3.8) is 0 Å². The third-order valence-electron chi connectivity index (χ3n) is 3.44. The highest BCUT2D eigenvalue weighted by Gasteiger charge is 2.23. The summed E-state index contributed by atoms with van der Waals surface area (Å²) in [4.78, 5) is 6.62. The normalized spacial score (nSPS) is 16.5. The zero-order chi connectivity index (χ0) is 13.7. The lowest BCUT2D eigenvalue weighted by molar-refractivity contribution is 0.166. The fourth-order valence-corrected chi connectivity index (χ4v) is 2.95. The smallest absolute Gasteiger partial charge is 0.135 e. The van der Waals surface area contributed by atoms with Crippen LogP contribution in [0.2, 0.25) is 10.3 Å². The van der Waals surface area contributed by atoms with Crippen LogP contribution < -0.4 is 5.32 Å². The Balaban J connectivity index is 0.00000200. The number of hydrogen-bond acceptors (Lipinski definition) is 3. The Labute approximate surface area is 148 Å². The van der Waals surface area contributed by atoms with Crippen LogP contribution in [-0.2, 0) is 0 Å². The fraction of sp³-hybridized carbons (Fsp3) is 0.500. The fourth-order valence-electron chi connectivity index (χ4n) is 2.48. The molecule has 0 bridgehead atoms. The summed E-state index contributed by atoms with van der Waals surface area (Å²) in [6.45, 7) is 7.90. The minimum atomic E-state index is 0. The topological polar surface area (TPSA) is 28.2 Å². The molecule has 1 saturated heterocycles. The maximum atomic E-state index is 6.26. The number of rotatable bonds is 5. The summed E-state index contributed by atoms with van der Waals surface area (Å²) in [5, 5.41) is 4.32. The molecule has 1 aromatic heterocycles. The molecule has 21 heavy (non-hydrogen) atoms. The van der Waals surface area contributed by atoms with Crippen LogP contribution in [0.15, 0.2) is 24.8 Å². The van der Waals surface area contributed by atoms with Crippen molar-refractivity contribution in [2.24, 2.45) is 0 Å². The third-order valence-corrected chi connectivity index (χ3v) is 3.95. The Hall–Kier alpha value is -0.0300. The SMILES string of the molecule is C=CCC[C@H](c1ccc(Cl)nc1Cl)N1CCNCC1.Cl.Cl. The second-order valence-corrected chi connectivity index (χ2v) is 5.43. The number of nitrogens with one attached hydrogen (secondary N) is 1. The minimum Gasteiger partial charge on any atom is -0.314 e. The zero-order valence-corrected chi connectivity index (χ0v) is 14.9. The number of halogens is 4. The molecule has 0 saturated carbocycles. The van der Waals surface area contributed by atoms with Crippen molar-refractivity contribution in [3.05, 3.63) is 40.7 Å².